The number of aldehydes is 1. The van der Waals surface area contributed by atoms with Crippen molar-refractivity contribution >= 4 is 17.6 Å². The van der Waals surface area contributed by atoms with E-state index in [0.29, 0.717) is 22.4 Å². The van der Waals surface area contributed by atoms with E-state index in [1.54, 1.807) is 11.6 Å². The summed E-state index contributed by atoms with van der Waals surface area (Å²) in [7, 11) is 0. The number of halogens is 1. The van der Waals surface area contributed by atoms with Gasteiger partial charge in [-0.3, -0.25) is 4.79 Å². The van der Waals surface area contributed by atoms with Crippen molar-refractivity contribution in [2.24, 2.45) is 0 Å². The van der Waals surface area contributed by atoms with Crippen LogP contribution >= 0.6 is 11.3 Å². The molecule has 0 fully saturated rings. The Bertz CT molecular complexity index is 453. The number of carbonyl (C=O) groups excluding carboxylic acids is 1. The second-order valence-corrected chi connectivity index (χ2v) is 3.58. The molecule has 0 spiro atoms. The van der Waals surface area contributed by atoms with Gasteiger partial charge in [-0.25, -0.2) is 9.37 Å². The van der Waals surface area contributed by atoms with Crippen molar-refractivity contribution < 1.29 is 9.18 Å². The molecular weight excluding hydrogens is 201 g/mol. The molecule has 1 aromatic heterocycles. The van der Waals surface area contributed by atoms with Crippen molar-refractivity contribution in [2.75, 3.05) is 0 Å². The Labute approximate surface area is 84.0 Å². The maximum absolute atomic E-state index is 12.9. The standard InChI is InChI=1S/C10H6FNOS/c11-8-2-1-7(6-13)9(5-8)10-12-3-4-14-10/h1-6H. The number of hydrogen-bond donors (Lipinski definition) is 0. The Hall–Kier alpha value is -1.55. The maximum atomic E-state index is 12.9. The van der Waals surface area contributed by atoms with Crippen molar-refractivity contribution in [1.29, 1.82) is 0 Å². The van der Waals surface area contributed by atoms with E-state index in [4.69, 9.17) is 0 Å². The lowest BCUT2D eigenvalue weighted by molar-refractivity contribution is 0.112. The van der Waals surface area contributed by atoms with Gasteiger partial charge in [0.1, 0.15) is 10.8 Å². The highest BCUT2D eigenvalue weighted by molar-refractivity contribution is 7.13. The van der Waals surface area contributed by atoms with Gasteiger partial charge in [0.25, 0.3) is 0 Å². The fourth-order valence-electron chi connectivity index (χ4n) is 1.17. The highest BCUT2D eigenvalue weighted by Gasteiger charge is 2.07. The first-order valence-electron chi connectivity index (χ1n) is 3.96. The van der Waals surface area contributed by atoms with E-state index < -0.39 is 0 Å². The molecule has 1 heterocycles. The Morgan fingerprint density at radius 1 is 1.43 bits per heavy atom. The molecule has 0 unspecified atom stereocenters. The summed E-state index contributed by atoms with van der Waals surface area (Å²) in [5, 5.41) is 2.45. The van der Waals surface area contributed by atoms with Gasteiger partial charge in [-0.1, -0.05) is 0 Å². The molecule has 0 saturated carbocycles. The number of rotatable bonds is 2. The fraction of sp³-hybridized carbons (Fsp3) is 0. The average Bonchev–Trinajstić information content (AvgIpc) is 2.70. The largest absolute Gasteiger partial charge is 0.298 e. The topological polar surface area (TPSA) is 30.0 Å². The van der Waals surface area contributed by atoms with E-state index in [9.17, 15) is 9.18 Å². The molecule has 0 aliphatic rings. The molecule has 1 aromatic carbocycles. The van der Waals surface area contributed by atoms with E-state index in [1.807, 2.05) is 0 Å². The molecule has 0 amide bonds. The molecule has 2 rings (SSSR count). The molecule has 70 valence electrons. The molecule has 0 N–H and O–H groups in total. The van der Waals surface area contributed by atoms with Crippen molar-refractivity contribution in [3.05, 3.63) is 41.2 Å². The number of thiazole rings is 1. The van der Waals surface area contributed by atoms with E-state index in [-0.39, 0.29) is 5.82 Å². The summed E-state index contributed by atoms with van der Waals surface area (Å²) in [6, 6.07) is 4.04. The molecule has 0 radical (unpaired) electrons. The zero-order chi connectivity index (χ0) is 9.97. The number of nitrogens with zero attached hydrogens (tertiary/aromatic N) is 1. The van der Waals surface area contributed by atoms with E-state index in [1.165, 1.54) is 29.5 Å². The van der Waals surface area contributed by atoms with Crippen LogP contribution in [0.4, 0.5) is 4.39 Å². The predicted molar refractivity (Wildman–Crippen MR) is 52.9 cm³/mol. The Morgan fingerprint density at radius 3 is 2.93 bits per heavy atom. The zero-order valence-electron chi connectivity index (χ0n) is 7.11. The van der Waals surface area contributed by atoms with Crippen LogP contribution in [0, 0.1) is 5.82 Å². The van der Waals surface area contributed by atoms with Crippen LogP contribution < -0.4 is 0 Å². The van der Waals surface area contributed by atoms with Crippen LogP contribution in [0.25, 0.3) is 10.6 Å². The van der Waals surface area contributed by atoms with Gasteiger partial charge in [-0.05, 0) is 18.2 Å². The van der Waals surface area contributed by atoms with Gasteiger partial charge < -0.3 is 0 Å². The second-order valence-electron chi connectivity index (χ2n) is 2.69. The van der Waals surface area contributed by atoms with Crippen molar-refractivity contribution in [2.45, 2.75) is 0 Å². The molecule has 2 aromatic rings. The highest BCUT2D eigenvalue weighted by atomic mass is 32.1. The fourth-order valence-corrected chi connectivity index (χ4v) is 1.85. The van der Waals surface area contributed by atoms with Crippen LogP contribution in [0.3, 0.4) is 0 Å². The van der Waals surface area contributed by atoms with Crippen LogP contribution in [0.5, 0.6) is 0 Å². The Morgan fingerprint density at radius 2 is 2.29 bits per heavy atom. The van der Waals surface area contributed by atoms with Crippen LogP contribution in [0.2, 0.25) is 0 Å². The third kappa shape index (κ3) is 1.56. The Balaban J connectivity index is 2.61. The molecular formula is C10H6FNOS. The molecule has 0 aliphatic carbocycles. The lowest BCUT2D eigenvalue weighted by Gasteiger charge is -2.00. The van der Waals surface area contributed by atoms with Gasteiger partial charge >= 0.3 is 0 Å². The highest BCUT2D eigenvalue weighted by Crippen LogP contribution is 2.25. The summed E-state index contributed by atoms with van der Waals surface area (Å²) < 4.78 is 12.9. The van der Waals surface area contributed by atoms with Gasteiger partial charge in [-0.2, -0.15) is 0 Å². The first-order valence-corrected chi connectivity index (χ1v) is 4.84. The van der Waals surface area contributed by atoms with Crippen LogP contribution in [0.15, 0.2) is 29.8 Å². The molecule has 0 aliphatic heterocycles. The van der Waals surface area contributed by atoms with Crippen LogP contribution in [0.1, 0.15) is 10.4 Å². The van der Waals surface area contributed by atoms with Gasteiger partial charge in [-0.15, -0.1) is 11.3 Å². The number of hydrogen-bond acceptors (Lipinski definition) is 3. The van der Waals surface area contributed by atoms with Crippen LogP contribution in [-0.2, 0) is 0 Å². The minimum atomic E-state index is -0.360. The smallest absolute Gasteiger partial charge is 0.150 e. The summed E-state index contributed by atoms with van der Waals surface area (Å²) in [6.45, 7) is 0. The molecule has 0 bridgehead atoms. The number of aromatic nitrogens is 1. The Kier molecular flexibility index (Phi) is 2.37. The first kappa shape index (κ1) is 9.02. The van der Waals surface area contributed by atoms with E-state index in [2.05, 4.69) is 4.98 Å². The van der Waals surface area contributed by atoms with Gasteiger partial charge in [0.2, 0.25) is 0 Å². The van der Waals surface area contributed by atoms with E-state index >= 15 is 0 Å². The van der Waals surface area contributed by atoms with Gasteiger partial charge in [0, 0.05) is 22.7 Å². The normalized spacial score (nSPS) is 10.1. The summed E-state index contributed by atoms with van der Waals surface area (Å²) in [4.78, 5) is 14.7. The predicted octanol–water partition coefficient (Wildman–Crippen LogP) is 2.76. The summed E-state index contributed by atoms with van der Waals surface area (Å²) in [5.41, 5.74) is 1.01. The second kappa shape index (κ2) is 3.67. The lowest BCUT2D eigenvalue weighted by Crippen LogP contribution is -1.88. The quantitative estimate of drug-likeness (QED) is 0.709. The van der Waals surface area contributed by atoms with Crippen molar-refractivity contribution in [1.82, 2.24) is 4.98 Å². The molecule has 0 atom stereocenters. The average molecular weight is 207 g/mol. The zero-order valence-corrected chi connectivity index (χ0v) is 7.92. The third-order valence-corrected chi connectivity index (χ3v) is 2.61. The summed E-state index contributed by atoms with van der Waals surface area (Å²) in [5.74, 6) is -0.360. The monoisotopic (exact) mass is 207 g/mol. The summed E-state index contributed by atoms with van der Waals surface area (Å²) in [6.07, 6.45) is 2.33. The lowest BCUT2D eigenvalue weighted by atomic mass is 10.1. The minimum Gasteiger partial charge on any atom is -0.298 e. The third-order valence-electron chi connectivity index (χ3n) is 1.81. The maximum Gasteiger partial charge on any atom is 0.150 e. The number of carbonyl (C=O) groups is 1. The minimum absolute atomic E-state index is 0.360. The summed E-state index contributed by atoms with van der Waals surface area (Å²) >= 11 is 1.38. The van der Waals surface area contributed by atoms with Crippen molar-refractivity contribution in [3.63, 3.8) is 0 Å². The van der Waals surface area contributed by atoms with E-state index in [0.717, 1.165) is 0 Å². The molecule has 4 heteroatoms. The molecule has 2 nitrogen and oxygen atoms in total. The van der Waals surface area contributed by atoms with Crippen LogP contribution in [-0.4, -0.2) is 11.3 Å². The van der Waals surface area contributed by atoms with Gasteiger partial charge in [0.15, 0.2) is 6.29 Å². The first-order chi connectivity index (χ1) is 6.81. The van der Waals surface area contributed by atoms with Gasteiger partial charge in [0.05, 0.1) is 0 Å². The number of benzene rings is 1. The SMILES string of the molecule is O=Cc1ccc(F)cc1-c1nccs1. The molecule has 14 heavy (non-hydrogen) atoms. The molecule has 0 saturated heterocycles. The van der Waals surface area contributed by atoms with Crippen molar-refractivity contribution in [3.8, 4) is 10.6 Å².